The minimum atomic E-state index is -2.99. The monoisotopic (exact) mass is 395 g/mol. The molecular weight excluding hydrogens is 371 g/mol. The van der Waals surface area contributed by atoms with Crippen LogP contribution in [0, 0.1) is 5.82 Å². The Morgan fingerprint density at radius 2 is 1.63 bits per heavy atom. The van der Waals surface area contributed by atoms with E-state index in [0.717, 1.165) is 24.3 Å². The number of hydrogen-bond acceptors (Lipinski definition) is 2. The Balaban J connectivity index is 1.75. The number of amides is 1. The van der Waals surface area contributed by atoms with Gasteiger partial charge in [-0.05, 0) is 36.4 Å². The molecule has 0 aromatic heterocycles. The first kappa shape index (κ1) is 21.4. The lowest BCUT2D eigenvalue weighted by Crippen LogP contribution is -2.29. The molecule has 0 heterocycles. The van der Waals surface area contributed by atoms with Crippen LogP contribution in [0.4, 0.5) is 13.2 Å². The molecule has 0 bridgehead atoms. The molecule has 0 radical (unpaired) electrons. The summed E-state index contributed by atoms with van der Waals surface area (Å²) in [5.74, 6) is -3.38. The van der Waals surface area contributed by atoms with Gasteiger partial charge in [0.2, 0.25) is 0 Å². The molecule has 1 amide bonds. The van der Waals surface area contributed by atoms with E-state index >= 15 is 0 Å². The first-order valence-electron chi connectivity index (χ1n) is 8.81. The molecule has 0 saturated heterocycles. The molecule has 146 valence electrons. The standard InChI is InChI=1S/C21H24F3NOS/c1-20(2,12-14-25-19(26)16-6-4-3-5-7-16)27-15-13-21(23,24)17-8-10-18(22)11-9-17/h3-11H,12-15H2,1-2H3,(H,25,26). The van der Waals surface area contributed by atoms with E-state index in [1.54, 1.807) is 24.3 Å². The third-order valence-corrected chi connectivity index (χ3v) is 5.62. The molecule has 0 fully saturated rings. The first-order chi connectivity index (χ1) is 12.7. The number of nitrogens with one attached hydrogen (secondary N) is 1. The summed E-state index contributed by atoms with van der Waals surface area (Å²) in [6.07, 6.45) is 0.349. The van der Waals surface area contributed by atoms with Crippen molar-refractivity contribution in [1.29, 1.82) is 0 Å². The molecule has 2 nitrogen and oxygen atoms in total. The SMILES string of the molecule is CC(C)(CCNC(=O)c1ccccc1)SCCC(F)(F)c1ccc(F)cc1. The topological polar surface area (TPSA) is 29.1 Å². The van der Waals surface area contributed by atoms with Crippen LogP contribution in [-0.2, 0) is 5.92 Å². The van der Waals surface area contributed by atoms with Crippen LogP contribution in [0.15, 0.2) is 54.6 Å². The number of benzene rings is 2. The van der Waals surface area contributed by atoms with Crippen LogP contribution >= 0.6 is 11.8 Å². The van der Waals surface area contributed by atoms with Crippen LogP contribution in [0.1, 0.15) is 42.6 Å². The molecule has 2 aromatic rings. The molecule has 1 N–H and O–H groups in total. The zero-order chi connectivity index (χ0) is 19.9. The van der Waals surface area contributed by atoms with E-state index in [2.05, 4.69) is 5.32 Å². The van der Waals surface area contributed by atoms with Crippen molar-refractivity contribution in [1.82, 2.24) is 5.32 Å². The number of thioether (sulfide) groups is 1. The van der Waals surface area contributed by atoms with Crippen LogP contribution in [0.2, 0.25) is 0 Å². The van der Waals surface area contributed by atoms with E-state index in [-0.39, 0.29) is 28.4 Å². The first-order valence-corrected chi connectivity index (χ1v) is 9.79. The van der Waals surface area contributed by atoms with Crippen LogP contribution < -0.4 is 5.32 Å². The Bertz CT molecular complexity index is 733. The highest BCUT2D eigenvalue weighted by molar-refractivity contribution is 8.00. The summed E-state index contributed by atoms with van der Waals surface area (Å²) in [5, 5.41) is 2.86. The lowest BCUT2D eigenvalue weighted by atomic mass is 10.1. The fourth-order valence-electron chi connectivity index (χ4n) is 2.53. The van der Waals surface area contributed by atoms with Gasteiger partial charge in [-0.3, -0.25) is 4.79 Å². The minimum Gasteiger partial charge on any atom is -0.352 e. The quantitative estimate of drug-likeness (QED) is 0.595. The van der Waals surface area contributed by atoms with Crippen molar-refractivity contribution < 1.29 is 18.0 Å². The maximum Gasteiger partial charge on any atom is 0.274 e. The van der Waals surface area contributed by atoms with Crippen LogP contribution in [0.25, 0.3) is 0 Å². The van der Waals surface area contributed by atoms with Gasteiger partial charge in [-0.25, -0.2) is 13.2 Å². The molecule has 0 unspecified atom stereocenters. The van der Waals surface area contributed by atoms with Crippen LogP contribution in [-0.4, -0.2) is 23.0 Å². The summed E-state index contributed by atoms with van der Waals surface area (Å²) in [4.78, 5) is 12.0. The molecule has 0 aliphatic carbocycles. The van der Waals surface area contributed by atoms with E-state index < -0.39 is 11.7 Å². The van der Waals surface area contributed by atoms with Crippen molar-refractivity contribution in [2.75, 3.05) is 12.3 Å². The predicted molar refractivity (Wildman–Crippen MR) is 105 cm³/mol. The molecule has 0 saturated carbocycles. The number of halogens is 3. The molecule has 0 atom stereocenters. The average Bonchev–Trinajstić information content (AvgIpc) is 2.62. The van der Waals surface area contributed by atoms with Gasteiger partial charge in [0.1, 0.15) is 5.82 Å². The number of hydrogen-bond donors (Lipinski definition) is 1. The van der Waals surface area contributed by atoms with E-state index in [0.29, 0.717) is 18.5 Å². The highest BCUT2D eigenvalue weighted by Crippen LogP contribution is 2.36. The lowest BCUT2D eigenvalue weighted by Gasteiger charge is -2.25. The molecule has 0 spiro atoms. The van der Waals surface area contributed by atoms with Crippen molar-refractivity contribution in [2.45, 2.75) is 37.4 Å². The zero-order valence-corrected chi connectivity index (χ0v) is 16.3. The summed E-state index contributed by atoms with van der Waals surface area (Å²) >= 11 is 1.45. The van der Waals surface area contributed by atoms with Crippen LogP contribution in [0.3, 0.4) is 0 Å². The van der Waals surface area contributed by atoms with Crippen molar-refractivity contribution in [3.63, 3.8) is 0 Å². The van der Waals surface area contributed by atoms with Gasteiger partial charge in [-0.2, -0.15) is 11.8 Å². The van der Waals surface area contributed by atoms with Crippen molar-refractivity contribution in [3.05, 3.63) is 71.5 Å². The minimum absolute atomic E-state index is 0.140. The molecule has 2 rings (SSSR count). The molecule has 27 heavy (non-hydrogen) atoms. The van der Waals surface area contributed by atoms with Crippen LogP contribution in [0.5, 0.6) is 0 Å². The van der Waals surface area contributed by atoms with E-state index in [4.69, 9.17) is 0 Å². The van der Waals surface area contributed by atoms with Crippen molar-refractivity contribution in [3.8, 4) is 0 Å². The normalized spacial score (nSPS) is 12.0. The summed E-state index contributed by atoms with van der Waals surface area (Å²) in [5.41, 5.74) is 0.430. The average molecular weight is 395 g/mol. The van der Waals surface area contributed by atoms with Crippen molar-refractivity contribution >= 4 is 17.7 Å². The third-order valence-electron chi connectivity index (χ3n) is 4.22. The van der Waals surface area contributed by atoms with Gasteiger partial charge in [-0.15, -0.1) is 0 Å². The molecule has 0 aliphatic rings. The second-order valence-electron chi connectivity index (χ2n) is 6.94. The van der Waals surface area contributed by atoms with E-state index in [1.807, 2.05) is 19.9 Å². The Labute approximate surface area is 162 Å². The van der Waals surface area contributed by atoms with Gasteiger partial charge in [0.15, 0.2) is 0 Å². The Morgan fingerprint density at radius 1 is 1.00 bits per heavy atom. The van der Waals surface area contributed by atoms with Gasteiger partial charge < -0.3 is 5.32 Å². The highest BCUT2D eigenvalue weighted by atomic mass is 32.2. The summed E-state index contributed by atoms with van der Waals surface area (Å²) in [7, 11) is 0. The molecular formula is C21H24F3NOS. The Morgan fingerprint density at radius 3 is 2.26 bits per heavy atom. The number of carbonyl (C=O) groups excluding carboxylic acids is 1. The lowest BCUT2D eigenvalue weighted by molar-refractivity contribution is -0.00711. The molecule has 2 aromatic carbocycles. The van der Waals surface area contributed by atoms with Gasteiger partial charge in [0.05, 0.1) is 0 Å². The maximum atomic E-state index is 14.2. The second kappa shape index (κ2) is 9.31. The smallest absolute Gasteiger partial charge is 0.274 e. The molecule has 0 aliphatic heterocycles. The maximum absolute atomic E-state index is 14.2. The van der Waals surface area contributed by atoms with Gasteiger partial charge >= 0.3 is 0 Å². The van der Waals surface area contributed by atoms with Gasteiger partial charge in [-0.1, -0.05) is 44.2 Å². The fourth-order valence-corrected chi connectivity index (χ4v) is 3.69. The molecule has 6 heteroatoms. The third kappa shape index (κ3) is 6.94. The Hall–Kier alpha value is -1.95. The fraction of sp³-hybridized carbons (Fsp3) is 0.381. The summed E-state index contributed by atoms with van der Waals surface area (Å²) < 4.78 is 41.1. The van der Waals surface area contributed by atoms with E-state index in [9.17, 15) is 18.0 Å². The number of carbonyl (C=O) groups is 1. The number of alkyl halides is 2. The van der Waals surface area contributed by atoms with Gasteiger partial charge in [0.25, 0.3) is 11.8 Å². The zero-order valence-electron chi connectivity index (χ0n) is 15.5. The van der Waals surface area contributed by atoms with Gasteiger partial charge in [0, 0.05) is 28.8 Å². The summed E-state index contributed by atoms with van der Waals surface area (Å²) in [6.45, 7) is 4.42. The highest BCUT2D eigenvalue weighted by Gasteiger charge is 2.32. The second-order valence-corrected chi connectivity index (χ2v) is 8.74. The predicted octanol–water partition coefficient (Wildman–Crippen LogP) is 5.64. The number of rotatable bonds is 9. The Kier molecular flexibility index (Phi) is 7.36. The van der Waals surface area contributed by atoms with Crippen molar-refractivity contribution in [2.24, 2.45) is 0 Å². The summed E-state index contributed by atoms with van der Waals surface area (Å²) in [6, 6.07) is 13.3. The van der Waals surface area contributed by atoms with E-state index in [1.165, 1.54) is 11.8 Å². The largest absolute Gasteiger partial charge is 0.352 e.